The maximum absolute atomic E-state index is 13.9. The number of halogens is 6. The van der Waals surface area contributed by atoms with Gasteiger partial charge >= 0.3 is 12.4 Å². The molecule has 2 atom stereocenters. The molecule has 2 heterocycles. The van der Waals surface area contributed by atoms with Gasteiger partial charge in [-0.3, -0.25) is 4.90 Å². The van der Waals surface area contributed by atoms with Crippen molar-refractivity contribution in [2.75, 3.05) is 22.9 Å². The van der Waals surface area contributed by atoms with Gasteiger partial charge in [0.05, 0.1) is 28.8 Å². The van der Waals surface area contributed by atoms with Crippen LogP contribution >= 0.6 is 0 Å². The lowest BCUT2D eigenvalue weighted by Gasteiger charge is -2.29. The molecule has 0 saturated heterocycles. The summed E-state index contributed by atoms with van der Waals surface area (Å²) in [7, 11) is 0. The minimum Gasteiger partial charge on any atom is -0.344 e. The van der Waals surface area contributed by atoms with Crippen molar-refractivity contribution in [3.63, 3.8) is 0 Å². The Bertz CT molecular complexity index is 2190. The summed E-state index contributed by atoms with van der Waals surface area (Å²) < 4.78 is 83.1. The first-order chi connectivity index (χ1) is 26.5. The Labute approximate surface area is 325 Å². The third kappa shape index (κ3) is 6.88. The minimum atomic E-state index is -4.44. The highest BCUT2D eigenvalue weighted by molar-refractivity contribution is 5.75. The summed E-state index contributed by atoms with van der Waals surface area (Å²) >= 11 is 0. The number of para-hydroxylation sites is 2. The quantitative estimate of drug-likeness (QED) is 0.179. The predicted molar refractivity (Wildman–Crippen MR) is 214 cm³/mol. The van der Waals surface area contributed by atoms with E-state index in [2.05, 4.69) is 65.3 Å². The molecule has 7 rings (SSSR count). The standard InChI is InChI=1S/C47H47F6N3/c1-7-54-39-25-23-33(46(48,49)50)29-37(39)44(3,4)41(54)27-21-31-19-20-32(43(31)56(35-15-11-9-12-16-35)36-17-13-10-14-18-36)22-28-42-45(5,6)38-30-34(47(51,52)53)24-26-40(38)55(42)8-2/h9-18,21-30,41H,7-8,19-20H2,1-6H3/p+1. The summed E-state index contributed by atoms with van der Waals surface area (Å²) in [6.45, 7) is 13.4. The van der Waals surface area contributed by atoms with Crippen LogP contribution in [0.2, 0.25) is 0 Å². The van der Waals surface area contributed by atoms with Crippen molar-refractivity contribution in [1.29, 1.82) is 0 Å². The molecular formula is C47H48F6N3+. The Hall–Kier alpha value is -5.02. The van der Waals surface area contributed by atoms with Crippen LogP contribution in [0.15, 0.2) is 144 Å². The van der Waals surface area contributed by atoms with Crippen molar-refractivity contribution in [2.24, 2.45) is 0 Å². The minimum absolute atomic E-state index is 0.116. The normalized spacial score (nSPS) is 21.8. The van der Waals surface area contributed by atoms with Crippen molar-refractivity contribution >= 4 is 22.7 Å². The molecule has 0 fully saturated rings. The smallest absolute Gasteiger partial charge is 0.344 e. The fraction of sp³-hybridized carbons (Fsp3) is 0.319. The summed E-state index contributed by atoms with van der Waals surface area (Å²) in [6, 6.07) is 28.3. The van der Waals surface area contributed by atoms with Gasteiger partial charge < -0.3 is 9.80 Å². The van der Waals surface area contributed by atoms with E-state index in [9.17, 15) is 26.3 Å². The van der Waals surface area contributed by atoms with E-state index in [1.807, 2.05) is 71.0 Å². The molecule has 0 amide bonds. The Morgan fingerprint density at radius 3 is 1.86 bits per heavy atom. The number of nitrogens with zero attached hydrogens (tertiary/aromatic N) is 2. The van der Waals surface area contributed by atoms with Gasteiger partial charge in [0.25, 0.3) is 0 Å². The van der Waals surface area contributed by atoms with E-state index >= 15 is 0 Å². The number of fused-ring (bicyclic) bond motifs is 2. The van der Waals surface area contributed by atoms with E-state index in [0.29, 0.717) is 24.2 Å². The zero-order chi connectivity index (χ0) is 40.2. The number of likely N-dealkylation sites (N-methyl/N-ethyl adjacent to an activating group) is 2. The van der Waals surface area contributed by atoms with Gasteiger partial charge in [-0.1, -0.05) is 62.4 Å². The van der Waals surface area contributed by atoms with Crippen LogP contribution in [0.5, 0.6) is 0 Å². The van der Waals surface area contributed by atoms with Crippen LogP contribution in [0.1, 0.15) is 76.6 Å². The molecule has 1 N–H and O–H groups in total. The molecular weight excluding hydrogens is 721 g/mol. The molecule has 0 aromatic heterocycles. The number of hydrogen-bond donors (Lipinski definition) is 1. The third-order valence-electron chi connectivity index (χ3n) is 11.9. The molecule has 2 unspecified atom stereocenters. The summed E-state index contributed by atoms with van der Waals surface area (Å²) in [5.74, 6) is 0. The van der Waals surface area contributed by atoms with E-state index in [1.54, 1.807) is 12.1 Å². The van der Waals surface area contributed by atoms with Crippen molar-refractivity contribution in [1.82, 2.24) is 0 Å². The number of anilines is 3. The summed E-state index contributed by atoms with van der Waals surface area (Å²) in [4.78, 5) is 5.48. The molecule has 9 heteroatoms. The zero-order valence-corrected chi connectivity index (χ0v) is 32.6. The molecule has 4 aromatic rings. The number of nitrogens with one attached hydrogen (secondary N) is 1. The largest absolute Gasteiger partial charge is 0.416 e. The highest BCUT2D eigenvalue weighted by atomic mass is 19.4. The average Bonchev–Trinajstić information content (AvgIpc) is 3.73. The van der Waals surface area contributed by atoms with Gasteiger partial charge in [0.2, 0.25) is 0 Å². The van der Waals surface area contributed by atoms with E-state index < -0.39 is 34.3 Å². The number of benzene rings is 4. The summed E-state index contributed by atoms with van der Waals surface area (Å²) in [6.07, 6.45) is 1.14. The fourth-order valence-corrected chi connectivity index (χ4v) is 9.04. The SMILES string of the molecule is CCN1C(=CC=C2CCC(C=CC3[NH+](CC)c4ccc(C(F)(F)F)cc4C3(C)C)=C2N(c2ccccc2)c2ccccc2)C(C)(C)c2cc(C(F)(F)F)ccc21. The maximum Gasteiger partial charge on any atom is 0.416 e. The van der Waals surface area contributed by atoms with E-state index in [0.717, 1.165) is 69.1 Å². The Morgan fingerprint density at radius 1 is 0.732 bits per heavy atom. The van der Waals surface area contributed by atoms with Crippen molar-refractivity contribution in [3.8, 4) is 0 Å². The van der Waals surface area contributed by atoms with Gasteiger partial charge in [0.1, 0.15) is 11.7 Å². The van der Waals surface area contributed by atoms with Crippen LogP contribution in [0.25, 0.3) is 0 Å². The van der Waals surface area contributed by atoms with Crippen molar-refractivity contribution < 1.29 is 31.2 Å². The van der Waals surface area contributed by atoms with Crippen molar-refractivity contribution in [3.05, 3.63) is 166 Å². The Morgan fingerprint density at radius 2 is 1.30 bits per heavy atom. The lowest BCUT2D eigenvalue weighted by Crippen LogP contribution is -3.10. The first-order valence-corrected chi connectivity index (χ1v) is 19.3. The molecule has 0 saturated carbocycles. The van der Waals surface area contributed by atoms with Gasteiger partial charge in [-0.25, -0.2) is 0 Å². The number of allylic oxidation sites excluding steroid dienone is 6. The second-order valence-electron chi connectivity index (χ2n) is 15.9. The van der Waals surface area contributed by atoms with E-state index in [-0.39, 0.29) is 6.04 Å². The van der Waals surface area contributed by atoms with Crippen molar-refractivity contribution in [2.45, 2.75) is 83.6 Å². The lowest BCUT2D eigenvalue weighted by atomic mass is 9.79. The molecule has 0 radical (unpaired) electrons. The molecule has 0 bridgehead atoms. The molecule has 3 nitrogen and oxygen atoms in total. The highest BCUT2D eigenvalue weighted by Crippen LogP contribution is 2.50. The lowest BCUT2D eigenvalue weighted by molar-refractivity contribution is -0.848. The van der Waals surface area contributed by atoms with Crippen LogP contribution in [-0.2, 0) is 23.2 Å². The fourth-order valence-electron chi connectivity index (χ4n) is 9.04. The predicted octanol–water partition coefficient (Wildman–Crippen LogP) is 12.0. The summed E-state index contributed by atoms with van der Waals surface area (Å²) in [5, 5.41) is 0. The van der Waals surface area contributed by atoms with Gasteiger partial charge in [-0.15, -0.1) is 0 Å². The molecule has 4 aromatic carbocycles. The van der Waals surface area contributed by atoms with E-state index in [4.69, 9.17) is 0 Å². The molecule has 292 valence electrons. The van der Waals surface area contributed by atoms with Crippen LogP contribution in [-0.4, -0.2) is 19.1 Å². The molecule has 3 aliphatic rings. The Kier molecular flexibility index (Phi) is 10.1. The molecule has 56 heavy (non-hydrogen) atoms. The second kappa shape index (κ2) is 14.5. The average molecular weight is 769 g/mol. The molecule has 1 aliphatic carbocycles. The third-order valence-corrected chi connectivity index (χ3v) is 11.9. The second-order valence-corrected chi connectivity index (χ2v) is 15.9. The summed E-state index contributed by atoms with van der Waals surface area (Å²) in [5.41, 5.74) is 6.52. The molecule has 2 aliphatic heterocycles. The van der Waals surface area contributed by atoms with Crippen LogP contribution in [0.3, 0.4) is 0 Å². The van der Waals surface area contributed by atoms with Gasteiger partial charge in [-0.05, 0) is 130 Å². The van der Waals surface area contributed by atoms with Crippen LogP contribution < -0.4 is 14.7 Å². The maximum atomic E-state index is 13.9. The number of hydrogen-bond acceptors (Lipinski definition) is 2. The number of quaternary nitrogens is 1. The van der Waals surface area contributed by atoms with E-state index in [1.165, 1.54) is 18.2 Å². The van der Waals surface area contributed by atoms with Gasteiger partial charge in [0, 0.05) is 40.3 Å². The Balaban J connectivity index is 1.36. The first-order valence-electron chi connectivity index (χ1n) is 19.3. The van der Waals surface area contributed by atoms with Crippen LogP contribution in [0.4, 0.5) is 49.1 Å². The highest BCUT2D eigenvalue weighted by Gasteiger charge is 2.49. The number of rotatable bonds is 8. The monoisotopic (exact) mass is 768 g/mol. The van der Waals surface area contributed by atoms with Crippen LogP contribution in [0, 0.1) is 0 Å². The van der Waals surface area contributed by atoms with Gasteiger partial charge in [0.15, 0.2) is 0 Å². The topological polar surface area (TPSA) is 10.9 Å². The zero-order valence-electron chi connectivity index (χ0n) is 32.6. The number of alkyl halides is 6. The molecule has 0 spiro atoms. The van der Waals surface area contributed by atoms with Gasteiger partial charge in [-0.2, -0.15) is 26.3 Å². The first kappa shape index (κ1) is 39.2.